The first-order valence-electron chi connectivity index (χ1n) is 5.44. The molecular weight excluding hydrogens is 188 g/mol. The zero-order chi connectivity index (χ0) is 10.1. The van der Waals surface area contributed by atoms with Crippen LogP contribution in [0.15, 0.2) is 30.6 Å². The average molecular weight is 202 g/mol. The highest BCUT2D eigenvalue weighted by Gasteiger charge is 2.16. The Kier molecular flexibility index (Phi) is 2.18. The molecule has 15 heavy (non-hydrogen) atoms. The summed E-state index contributed by atoms with van der Waals surface area (Å²) in [4.78, 5) is 4.44. The number of nitrogens with zero attached hydrogens (tertiary/aromatic N) is 2. The van der Waals surface area contributed by atoms with Gasteiger partial charge in [-0.15, -0.1) is 0 Å². The summed E-state index contributed by atoms with van der Waals surface area (Å²) in [6.07, 6.45) is 6.20. The highest BCUT2D eigenvalue weighted by Crippen LogP contribution is 2.25. The molecule has 0 radical (unpaired) electrons. The van der Waals surface area contributed by atoms with Crippen molar-refractivity contribution < 1.29 is 4.74 Å². The summed E-state index contributed by atoms with van der Waals surface area (Å²) >= 11 is 0. The van der Waals surface area contributed by atoms with Crippen LogP contribution in [0.3, 0.4) is 0 Å². The Hall–Kier alpha value is -1.35. The quantitative estimate of drug-likeness (QED) is 0.710. The molecule has 0 amide bonds. The van der Waals surface area contributed by atoms with Crippen molar-refractivity contribution in [3.05, 3.63) is 30.6 Å². The van der Waals surface area contributed by atoms with Crippen LogP contribution in [0.2, 0.25) is 0 Å². The third-order valence-electron chi connectivity index (χ3n) is 3.06. The highest BCUT2D eigenvalue weighted by atomic mass is 16.5. The second kappa shape index (κ2) is 3.66. The number of hydrogen-bond donors (Lipinski definition) is 0. The van der Waals surface area contributed by atoms with Crippen LogP contribution in [0.1, 0.15) is 18.9 Å². The predicted molar refractivity (Wildman–Crippen MR) is 58.8 cm³/mol. The van der Waals surface area contributed by atoms with Gasteiger partial charge in [0.15, 0.2) is 0 Å². The third kappa shape index (κ3) is 1.53. The summed E-state index contributed by atoms with van der Waals surface area (Å²) in [6.45, 7) is 1.74. The molecule has 3 heterocycles. The fourth-order valence-corrected chi connectivity index (χ4v) is 2.24. The molecule has 0 unspecified atom stereocenters. The lowest BCUT2D eigenvalue weighted by molar-refractivity contribution is 0.0706. The SMILES string of the molecule is c1cnc2c(c1)ccn2C1CCOCC1. The van der Waals surface area contributed by atoms with Gasteiger partial charge in [-0.25, -0.2) is 4.98 Å². The van der Waals surface area contributed by atoms with Crippen LogP contribution in [-0.4, -0.2) is 22.8 Å². The molecule has 0 spiro atoms. The molecular formula is C12H14N2O. The van der Waals surface area contributed by atoms with E-state index in [2.05, 4.69) is 27.9 Å². The smallest absolute Gasteiger partial charge is 0.140 e. The van der Waals surface area contributed by atoms with Crippen molar-refractivity contribution in [3.8, 4) is 0 Å². The molecule has 78 valence electrons. The summed E-state index contributed by atoms with van der Waals surface area (Å²) in [7, 11) is 0. The van der Waals surface area contributed by atoms with E-state index >= 15 is 0 Å². The van der Waals surface area contributed by atoms with Gasteiger partial charge >= 0.3 is 0 Å². The standard InChI is InChI=1S/C12H14N2O/c1-2-10-3-7-14(12(10)13-6-1)11-4-8-15-9-5-11/h1-3,6-7,11H,4-5,8-9H2. The number of aromatic nitrogens is 2. The molecule has 1 fully saturated rings. The van der Waals surface area contributed by atoms with Gasteiger partial charge in [0.1, 0.15) is 5.65 Å². The monoisotopic (exact) mass is 202 g/mol. The van der Waals surface area contributed by atoms with E-state index in [1.165, 1.54) is 5.39 Å². The van der Waals surface area contributed by atoms with Crippen molar-refractivity contribution in [1.82, 2.24) is 9.55 Å². The lowest BCUT2D eigenvalue weighted by Crippen LogP contribution is -2.19. The Labute approximate surface area is 88.7 Å². The maximum absolute atomic E-state index is 5.38. The molecule has 3 heteroatoms. The summed E-state index contributed by atoms with van der Waals surface area (Å²) in [5.74, 6) is 0. The molecule has 0 bridgehead atoms. The molecule has 0 atom stereocenters. The maximum Gasteiger partial charge on any atom is 0.140 e. The molecule has 0 saturated carbocycles. The second-order valence-corrected chi connectivity index (χ2v) is 3.98. The normalized spacial score (nSPS) is 18.4. The van der Waals surface area contributed by atoms with Crippen molar-refractivity contribution in [2.24, 2.45) is 0 Å². The van der Waals surface area contributed by atoms with Crippen molar-refractivity contribution in [1.29, 1.82) is 0 Å². The molecule has 3 rings (SSSR count). The highest BCUT2D eigenvalue weighted by molar-refractivity contribution is 5.75. The van der Waals surface area contributed by atoms with Crippen LogP contribution < -0.4 is 0 Å². The largest absolute Gasteiger partial charge is 0.381 e. The fourth-order valence-electron chi connectivity index (χ4n) is 2.24. The summed E-state index contributed by atoms with van der Waals surface area (Å²) in [5, 5.41) is 1.23. The number of fused-ring (bicyclic) bond motifs is 1. The summed E-state index contributed by atoms with van der Waals surface area (Å²) < 4.78 is 7.67. The van der Waals surface area contributed by atoms with E-state index in [1.54, 1.807) is 0 Å². The summed E-state index contributed by atoms with van der Waals surface area (Å²) in [5.41, 5.74) is 1.10. The Balaban J connectivity index is 2.02. The van der Waals surface area contributed by atoms with E-state index in [1.807, 2.05) is 12.3 Å². The van der Waals surface area contributed by atoms with Crippen molar-refractivity contribution in [3.63, 3.8) is 0 Å². The second-order valence-electron chi connectivity index (χ2n) is 3.98. The number of pyridine rings is 1. The Morgan fingerprint density at radius 1 is 1.27 bits per heavy atom. The maximum atomic E-state index is 5.38. The zero-order valence-corrected chi connectivity index (χ0v) is 8.60. The molecule has 2 aromatic heterocycles. The summed E-state index contributed by atoms with van der Waals surface area (Å²) in [6, 6.07) is 6.79. The predicted octanol–water partition coefficient (Wildman–Crippen LogP) is 2.39. The van der Waals surface area contributed by atoms with Gasteiger partial charge in [-0.3, -0.25) is 0 Å². The lowest BCUT2D eigenvalue weighted by atomic mass is 10.1. The van der Waals surface area contributed by atoms with Gasteiger partial charge in [-0.2, -0.15) is 0 Å². The topological polar surface area (TPSA) is 27.1 Å². The van der Waals surface area contributed by atoms with Crippen LogP contribution in [-0.2, 0) is 4.74 Å². The lowest BCUT2D eigenvalue weighted by Gasteiger charge is -2.23. The Bertz CT molecular complexity index is 457. The van der Waals surface area contributed by atoms with Gasteiger partial charge in [-0.05, 0) is 31.0 Å². The minimum absolute atomic E-state index is 0.561. The molecule has 1 saturated heterocycles. The van der Waals surface area contributed by atoms with Crippen molar-refractivity contribution in [2.45, 2.75) is 18.9 Å². The number of rotatable bonds is 1. The van der Waals surface area contributed by atoms with Gasteiger partial charge < -0.3 is 9.30 Å². The fraction of sp³-hybridized carbons (Fsp3) is 0.417. The van der Waals surface area contributed by atoms with E-state index in [4.69, 9.17) is 4.74 Å². The minimum Gasteiger partial charge on any atom is -0.381 e. The van der Waals surface area contributed by atoms with Gasteiger partial charge in [-0.1, -0.05) is 0 Å². The van der Waals surface area contributed by atoms with E-state index < -0.39 is 0 Å². The first-order chi connectivity index (χ1) is 7.45. The molecule has 1 aliphatic rings. The van der Waals surface area contributed by atoms with Gasteiger partial charge in [0.25, 0.3) is 0 Å². The van der Waals surface area contributed by atoms with Crippen molar-refractivity contribution >= 4 is 11.0 Å². The minimum atomic E-state index is 0.561. The first-order valence-corrected chi connectivity index (χ1v) is 5.44. The van der Waals surface area contributed by atoms with Crippen molar-refractivity contribution in [2.75, 3.05) is 13.2 Å². The van der Waals surface area contributed by atoms with Crippen LogP contribution in [0.25, 0.3) is 11.0 Å². The number of hydrogen-bond acceptors (Lipinski definition) is 2. The van der Waals surface area contributed by atoms with Gasteiger partial charge in [0.2, 0.25) is 0 Å². The average Bonchev–Trinajstić information content (AvgIpc) is 2.74. The van der Waals surface area contributed by atoms with Gasteiger partial charge in [0.05, 0.1) is 0 Å². The third-order valence-corrected chi connectivity index (χ3v) is 3.06. The first kappa shape index (κ1) is 8.92. The molecule has 1 aliphatic heterocycles. The molecule has 0 aromatic carbocycles. The van der Waals surface area contributed by atoms with Crippen LogP contribution in [0, 0.1) is 0 Å². The van der Waals surface area contributed by atoms with E-state index in [-0.39, 0.29) is 0 Å². The van der Waals surface area contributed by atoms with E-state index in [0.717, 1.165) is 31.7 Å². The van der Waals surface area contributed by atoms with E-state index in [0.29, 0.717) is 6.04 Å². The molecule has 0 N–H and O–H groups in total. The molecule has 3 nitrogen and oxygen atoms in total. The molecule has 2 aromatic rings. The molecule has 0 aliphatic carbocycles. The number of ether oxygens (including phenoxy) is 1. The van der Waals surface area contributed by atoms with Crippen LogP contribution in [0.5, 0.6) is 0 Å². The zero-order valence-electron chi connectivity index (χ0n) is 8.60. The van der Waals surface area contributed by atoms with Gasteiger partial charge in [0, 0.05) is 37.0 Å². The van der Waals surface area contributed by atoms with Crippen LogP contribution >= 0.6 is 0 Å². The Morgan fingerprint density at radius 3 is 3.00 bits per heavy atom. The Morgan fingerprint density at radius 2 is 2.13 bits per heavy atom. The van der Waals surface area contributed by atoms with Crippen LogP contribution in [0.4, 0.5) is 0 Å². The van der Waals surface area contributed by atoms with E-state index in [9.17, 15) is 0 Å².